The van der Waals surface area contributed by atoms with E-state index in [1.54, 1.807) is 36.3 Å². The molecule has 0 saturated heterocycles. The smallest absolute Gasteiger partial charge is 0.316 e. The highest BCUT2D eigenvalue weighted by atomic mass is 16.8. The van der Waals surface area contributed by atoms with Crippen molar-refractivity contribution in [3.05, 3.63) is 82.0 Å². The van der Waals surface area contributed by atoms with Gasteiger partial charge in [0.25, 0.3) is 17.7 Å². The zero-order valence-corrected chi connectivity index (χ0v) is 19.9. The van der Waals surface area contributed by atoms with E-state index >= 15 is 0 Å². The van der Waals surface area contributed by atoms with Crippen LogP contribution in [-0.4, -0.2) is 47.4 Å². The fourth-order valence-corrected chi connectivity index (χ4v) is 3.21. The van der Waals surface area contributed by atoms with Gasteiger partial charge in [-0.25, -0.2) is 9.97 Å². The van der Waals surface area contributed by atoms with Crippen molar-refractivity contribution >= 4 is 5.90 Å². The molecular formula is C25H28N4O6. The molecule has 1 unspecified atom stereocenters. The van der Waals surface area contributed by atoms with E-state index in [0.29, 0.717) is 55.2 Å². The number of oxime groups is 1. The lowest BCUT2D eigenvalue weighted by Gasteiger charge is -2.12. The molecule has 1 atom stereocenters. The van der Waals surface area contributed by atoms with Crippen LogP contribution in [0.15, 0.2) is 64.9 Å². The molecule has 4 rings (SSSR count). The molecule has 0 fully saturated rings. The van der Waals surface area contributed by atoms with Gasteiger partial charge in [0.15, 0.2) is 0 Å². The van der Waals surface area contributed by atoms with Crippen LogP contribution >= 0.6 is 0 Å². The van der Waals surface area contributed by atoms with Crippen LogP contribution in [0.1, 0.15) is 36.8 Å². The predicted octanol–water partition coefficient (Wildman–Crippen LogP) is 3.15. The second-order valence-electron chi connectivity index (χ2n) is 8.33. The van der Waals surface area contributed by atoms with E-state index in [-0.39, 0.29) is 11.5 Å². The predicted molar refractivity (Wildman–Crippen MR) is 127 cm³/mol. The summed E-state index contributed by atoms with van der Waals surface area (Å²) in [5, 5.41) is 4.04. The first-order valence-electron chi connectivity index (χ1n) is 11.3. The molecule has 0 spiro atoms. The minimum Gasteiger partial charge on any atom is -0.491 e. The zero-order valence-electron chi connectivity index (χ0n) is 19.9. The van der Waals surface area contributed by atoms with Gasteiger partial charge in [-0.3, -0.25) is 4.79 Å². The Bertz CT molecular complexity index is 1210. The number of ether oxygens (including phenoxy) is 4. The van der Waals surface area contributed by atoms with Crippen LogP contribution in [0.5, 0.6) is 11.8 Å². The molecule has 0 saturated carbocycles. The molecule has 0 bridgehead atoms. The highest BCUT2D eigenvalue weighted by Gasteiger charge is 2.26. The summed E-state index contributed by atoms with van der Waals surface area (Å²) in [4.78, 5) is 26.3. The topological polar surface area (TPSA) is 106 Å². The summed E-state index contributed by atoms with van der Waals surface area (Å²) < 4.78 is 23.6. The molecule has 184 valence electrons. The van der Waals surface area contributed by atoms with Crippen molar-refractivity contribution < 1.29 is 23.8 Å². The van der Waals surface area contributed by atoms with Crippen molar-refractivity contribution in [2.75, 3.05) is 26.9 Å². The van der Waals surface area contributed by atoms with Crippen LogP contribution < -0.4 is 15.0 Å². The number of aromatic nitrogens is 3. The van der Waals surface area contributed by atoms with Crippen molar-refractivity contribution in [1.82, 2.24) is 14.5 Å². The molecule has 10 heteroatoms. The highest BCUT2D eigenvalue weighted by molar-refractivity contribution is 5.94. The standard InChI is InChI=1S/C25H28N4O6/c1-17(2)16-33-25-26-12-20(13-27-25)24-34-23(28-35-24)19-7-8-22(30)29(15-19)14-18-5-4-6-21(11-18)32-10-9-31-3/h4-8,11-13,15,17,24H,9-10,14,16H2,1-3H3. The molecule has 0 aliphatic carbocycles. The summed E-state index contributed by atoms with van der Waals surface area (Å²) in [7, 11) is 1.62. The Labute approximate surface area is 203 Å². The van der Waals surface area contributed by atoms with Gasteiger partial charge in [0, 0.05) is 31.8 Å². The second kappa shape index (κ2) is 11.5. The lowest BCUT2D eigenvalue weighted by Crippen LogP contribution is -2.21. The zero-order chi connectivity index (χ0) is 24.6. The Hall–Kier alpha value is -3.92. The van der Waals surface area contributed by atoms with Gasteiger partial charge >= 0.3 is 6.01 Å². The monoisotopic (exact) mass is 480 g/mol. The Morgan fingerprint density at radius 3 is 2.69 bits per heavy atom. The quantitative estimate of drug-likeness (QED) is 0.385. The third kappa shape index (κ3) is 6.57. The first-order chi connectivity index (χ1) is 17.0. The minimum atomic E-state index is -0.787. The van der Waals surface area contributed by atoms with Gasteiger partial charge in [0.2, 0.25) is 0 Å². The Kier molecular flexibility index (Phi) is 7.94. The maximum absolute atomic E-state index is 12.5. The van der Waals surface area contributed by atoms with E-state index in [4.69, 9.17) is 23.8 Å². The first kappa shape index (κ1) is 24.2. The van der Waals surface area contributed by atoms with Crippen LogP contribution in [0, 0.1) is 5.92 Å². The van der Waals surface area contributed by atoms with E-state index in [1.807, 2.05) is 38.1 Å². The van der Waals surface area contributed by atoms with Gasteiger partial charge in [0.1, 0.15) is 12.4 Å². The normalized spacial score (nSPS) is 14.9. The molecule has 1 aliphatic rings. The average molecular weight is 481 g/mol. The van der Waals surface area contributed by atoms with E-state index in [2.05, 4.69) is 15.1 Å². The molecule has 0 radical (unpaired) electrons. The molecule has 10 nitrogen and oxygen atoms in total. The maximum atomic E-state index is 12.5. The van der Waals surface area contributed by atoms with Crippen LogP contribution in [0.2, 0.25) is 0 Å². The van der Waals surface area contributed by atoms with Gasteiger partial charge < -0.3 is 28.4 Å². The summed E-state index contributed by atoms with van der Waals surface area (Å²) in [6, 6.07) is 11.0. The molecule has 35 heavy (non-hydrogen) atoms. The molecule has 2 aromatic heterocycles. The Morgan fingerprint density at radius 2 is 1.91 bits per heavy atom. The maximum Gasteiger partial charge on any atom is 0.316 e. The van der Waals surface area contributed by atoms with E-state index in [9.17, 15) is 4.79 Å². The van der Waals surface area contributed by atoms with Crippen LogP contribution in [0.3, 0.4) is 0 Å². The third-order valence-corrected chi connectivity index (χ3v) is 4.95. The Balaban J connectivity index is 1.41. The number of methoxy groups -OCH3 is 1. The number of hydrogen-bond acceptors (Lipinski definition) is 9. The van der Waals surface area contributed by atoms with Gasteiger partial charge in [-0.15, -0.1) is 0 Å². The Morgan fingerprint density at radius 1 is 1.09 bits per heavy atom. The summed E-state index contributed by atoms with van der Waals surface area (Å²) >= 11 is 0. The molecule has 0 N–H and O–H groups in total. The van der Waals surface area contributed by atoms with Crippen molar-refractivity contribution in [3.8, 4) is 11.8 Å². The number of rotatable bonds is 11. The van der Waals surface area contributed by atoms with Crippen molar-refractivity contribution in [2.24, 2.45) is 11.1 Å². The number of benzene rings is 1. The largest absolute Gasteiger partial charge is 0.491 e. The lowest BCUT2D eigenvalue weighted by atomic mass is 10.2. The summed E-state index contributed by atoms with van der Waals surface area (Å²) in [5.74, 6) is 1.35. The molecule has 1 aromatic carbocycles. The van der Waals surface area contributed by atoms with Crippen LogP contribution in [0.4, 0.5) is 0 Å². The molecule has 0 amide bonds. The van der Waals surface area contributed by atoms with Crippen molar-refractivity contribution in [1.29, 1.82) is 0 Å². The van der Waals surface area contributed by atoms with E-state index in [1.165, 1.54) is 6.07 Å². The van der Waals surface area contributed by atoms with Crippen LogP contribution in [-0.2, 0) is 20.9 Å². The summed E-state index contributed by atoms with van der Waals surface area (Å²) in [6.07, 6.45) is 4.05. The van der Waals surface area contributed by atoms with Crippen LogP contribution in [0.25, 0.3) is 0 Å². The van der Waals surface area contributed by atoms with Crippen molar-refractivity contribution in [2.45, 2.75) is 26.7 Å². The van der Waals surface area contributed by atoms with Crippen molar-refractivity contribution in [3.63, 3.8) is 0 Å². The first-order valence-corrected chi connectivity index (χ1v) is 11.3. The van der Waals surface area contributed by atoms with E-state index in [0.717, 1.165) is 5.56 Å². The highest BCUT2D eigenvalue weighted by Crippen LogP contribution is 2.26. The summed E-state index contributed by atoms with van der Waals surface area (Å²) in [6.45, 7) is 5.94. The molecule has 3 aromatic rings. The minimum absolute atomic E-state index is 0.152. The van der Waals surface area contributed by atoms with Gasteiger partial charge in [0.05, 0.1) is 30.9 Å². The molecular weight excluding hydrogens is 452 g/mol. The molecule has 3 heterocycles. The lowest BCUT2D eigenvalue weighted by molar-refractivity contribution is -0.0504. The molecule has 1 aliphatic heterocycles. The SMILES string of the molecule is COCCOc1cccc(Cn2cc(C3=NOC(c4cnc(OCC(C)C)nc4)O3)ccc2=O)c1. The second-order valence-corrected chi connectivity index (χ2v) is 8.33. The van der Waals surface area contributed by atoms with Gasteiger partial charge in [-0.05, 0) is 34.8 Å². The number of hydrogen-bond donors (Lipinski definition) is 0. The summed E-state index contributed by atoms with van der Waals surface area (Å²) in [5.41, 5.74) is 1.97. The fourth-order valence-electron chi connectivity index (χ4n) is 3.21. The van der Waals surface area contributed by atoms with E-state index < -0.39 is 6.29 Å². The fraction of sp³-hybridized carbons (Fsp3) is 0.360. The third-order valence-electron chi connectivity index (χ3n) is 4.95. The van der Waals surface area contributed by atoms with Gasteiger partial charge in [-0.1, -0.05) is 26.0 Å². The average Bonchev–Trinajstić information content (AvgIpc) is 3.35. The number of nitrogens with zero attached hydrogens (tertiary/aromatic N) is 4. The van der Waals surface area contributed by atoms with Gasteiger partial charge in [-0.2, -0.15) is 0 Å². The number of pyridine rings is 1.